The highest BCUT2D eigenvalue weighted by Crippen LogP contribution is 2.27. The molecule has 0 aliphatic carbocycles. The fourth-order valence-corrected chi connectivity index (χ4v) is 3.16. The van der Waals surface area contributed by atoms with Crippen molar-refractivity contribution < 1.29 is 9.13 Å². The van der Waals surface area contributed by atoms with Crippen molar-refractivity contribution >= 4 is 0 Å². The fourth-order valence-electron chi connectivity index (χ4n) is 3.16. The zero-order valence-corrected chi connectivity index (χ0v) is 13.1. The lowest BCUT2D eigenvalue weighted by molar-refractivity contribution is 0.0481. The van der Waals surface area contributed by atoms with Crippen LogP contribution in [0.25, 0.3) is 0 Å². The monoisotopic (exact) mass is 294 g/mol. The Morgan fingerprint density at radius 3 is 2.48 bits per heavy atom. The van der Waals surface area contributed by atoms with E-state index in [1.54, 1.807) is 0 Å². The molecule has 2 unspecified atom stereocenters. The second-order valence-electron chi connectivity index (χ2n) is 6.06. The average molecular weight is 294 g/mol. The molecule has 2 rings (SSSR count). The molecule has 0 saturated carbocycles. The molecule has 1 aliphatic rings. The van der Waals surface area contributed by atoms with Crippen LogP contribution in [0.15, 0.2) is 24.3 Å². The molecule has 4 heteroatoms. The quantitative estimate of drug-likeness (QED) is 0.876. The van der Waals surface area contributed by atoms with Crippen LogP contribution in [0.3, 0.4) is 0 Å². The summed E-state index contributed by atoms with van der Waals surface area (Å²) in [7, 11) is 2.12. The van der Waals surface area contributed by atoms with Crippen molar-refractivity contribution in [1.29, 1.82) is 0 Å². The predicted octanol–water partition coefficient (Wildman–Crippen LogP) is 2.96. The van der Waals surface area contributed by atoms with Crippen molar-refractivity contribution in [2.45, 2.75) is 38.3 Å². The molecule has 21 heavy (non-hydrogen) atoms. The number of ether oxygens (including phenoxy) is 1. The van der Waals surface area contributed by atoms with Gasteiger partial charge in [0.1, 0.15) is 5.82 Å². The van der Waals surface area contributed by atoms with Gasteiger partial charge in [-0.25, -0.2) is 4.39 Å². The van der Waals surface area contributed by atoms with E-state index in [1.165, 1.54) is 12.1 Å². The van der Waals surface area contributed by atoms with Crippen molar-refractivity contribution in [2.24, 2.45) is 11.7 Å². The first kappa shape index (κ1) is 16.4. The Kier molecular flexibility index (Phi) is 6.15. The van der Waals surface area contributed by atoms with Gasteiger partial charge in [0, 0.05) is 31.8 Å². The Morgan fingerprint density at radius 2 is 1.90 bits per heavy atom. The number of hydrogen-bond acceptors (Lipinski definition) is 3. The summed E-state index contributed by atoms with van der Waals surface area (Å²) in [5.74, 6) is 0.463. The van der Waals surface area contributed by atoms with Gasteiger partial charge in [-0.2, -0.15) is 0 Å². The number of hydrogen-bond donors (Lipinski definition) is 1. The molecule has 2 N–H and O–H groups in total. The van der Waals surface area contributed by atoms with Gasteiger partial charge < -0.3 is 10.5 Å². The lowest BCUT2D eigenvalue weighted by Crippen LogP contribution is -2.41. The normalized spacial score (nSPS) is 19.7. The molecule has 3 nitrogen and oxygen atoms in total. The van der Waals surface area contributed by atoms with E-state index in [-0.39, 0.29) is 17.9 Å². The van der Waals surface area contributed by atoms with Crippen molar-refractivity contribution in [3.05, 3.63) is 35.6 Å². The third-order valence-electron chi connectivity index (χ3n) is 4.45. The van der Waals surface area contributed by atoms with Gasteiger partial charge in [-0.3, -0.25) is 4.90 Å². The van der Waals surface area contributed by atoms with Gasteiger partial charge in [-0.1, -0.05) is 19.1 Å². The van der Waals surface area contributed by atoms with E-state index >= 15 is 0 Å². The molecular formula is C17H27FN2O. The van der Waals surface area contributed by atoms with E-state index in [2.05, 4.69) is 18.9 Å². The minimum Gasteiger partial charge on any atom is -0.381 e. The number of likely N-dealkylation sites (N-methyl/N-ethyl adjacent to an activating group) is 1. The Morgan fingerprint density at radius 1 is 1.29 bits per heavy atom. The summed E-state index contributed by atoms with van der Waals surface area (Å²) in [5.41, 5.74) is 7.43. The molecule has 1 aliphatic heterocycles. The summed E-state index contributed by atoms with van der Waals surface area (Å²) in [6, 6.07) is 6.95. The van der Waals surface area contributed by atoms with E-state index in [0.29, 0.717) is 5.92 Å². The first-order valence-corrected chi connectivity index (χ1v) is 7.90. The maximum Gasteiger partial charge on any atom is 0.123 e. The van der Waals surface area contributed by atoms with Gasteiger partial charge in [0.2, 0.25) is 0 Å². The minimum atomic E-state index is -0.199. The van der Waals surface area contributed by atoms with Crippen LogP contribution in [0.5, 0.6) is 0 Å². The summed E-state index contributed by atoms with van der Waals surface area (Å²) in [4.78, 5) is 2.33. The van der Waals surface area contributed by atoms with Crippen molar-refractivity contribution in [1.82, 2.24) is 4.90 Å². The maximum atomic E-state index is 13.1. The molecule has 1 saturated heterocycles. The van der Waals surface area contributed by atoms with Gasteiger partial charge in [0.05, 0.1) is 0 Å². The lowest BCUT2D eigenvalue weighted by Gasteiger charge is -2.36. The standard InChI is InChI=1S/C17H27FN2O/c1-3-16(19)17(14-4-6-15(18)7-5-14)20(2)12-13-8-10-21-11-9-13/h4-7,13,16-17H,3,8-12,19H2,1-2H3. The topological polar surface area (TPSA) is 38.5 Å². The van der Waals surface area contributed by atoms with Gasteiger partial charge in [-0.15, -0.1) is 0 Å². The first-order valence-electron chi connectivity index (χ1n) is 7.90. The number of nitrogens with two attached hydrogens (primary N) is 1. The Bertz CT molecular complexity index is 417. The smallest absolute Gasteiger partial charge is 0.123 e. The van der Waals surface area contributed by atoms with Crippen molar-refractivity contribution in [3.8, 4) is 0 Å². The first-order chi connectivity index (χ1) is 10.1. The van der Waals surface area contributed by atoms with Crippen LogP contribution in [0.1, 0.15) is 37.8 Å². The number of nitrogens with zero attached hydrogens (tertiary/aromatic N) is 1. The molecule has 1 aromatic carbocycles. The van der Waals surface area contributed by atoms with Gasteiger partial charge >= 0.3 is 0 Å². The van der Waals surface area contributed by atoms with Crippen LogP contribution >= 0.6 is 0 Å². The highest BCUT2D eigenvalue weighted by atomic mass is 19.1. The van der Waals surface area contributed by atoms with Gasteiger partial charge in [0.25, 0.3) is 0 Å². The maximum absolute atomic E-state index is 13.1. The van der Waals surface area contributed by atoms with E-state index < -0.39 is 0 Å². The molecular weight excluding hydrogens is 267 g/mol. The average Bonchev–Trinajstić information content (AvgIpc) is 2.50. The molecule has 1 fully saturated rings. The third-order valence-corrected chi connectivity index (χ3v) is 4.45. The minimum absolute atomic E-state index is 0.0558. The Hall–Kier alpha value is -0.970. The SMILES string of the molecule is CCC(N)C(c1ccc(F)cc1)N(C)CC1CCOCC1. The molecule has 2 atom stereocenters. The fraction of sp³-hybridized carbons (Fsp3) is 0.647. The van der Waals surface area contributed by atoms with Crippen LogP contribution in [0.4, 0.5) is 4.39 Å². The number of halogens is 1. The highest BCUT2D eigenvalue weighted by molar-refractivity contribution is 5.21. The number of benzene rings is 1. The second-order valence-corrected chi connectivity index (χ2v) is 6.06. The van der Waals surface area contributed by atoms with E-state index in [0.717, 1.165) is 44.6 Å². The summed E-state index contributed by atoms with van der Waals surface area (Å²) >= 11 is 0. The zero-order chi connectivity index (χ0) is 15.2. The molecule has 0 radical (unpaired) electrons. The second kappa shape index (κ2) is 7.87. The van der Waals surface area contributed by atoms with E-state index in [9.17, 15) is 4.39 Å². The molecule has 0 bridgehead atoms. The Labute approximate surface area is 127 Å². The van der Waals surface area contributed by atoms with Crippen LogP contribution < -0.4 is 5.73 Å². The molecule has 1 aromatic rings. The molecule has 0 spiro atoms. The lowest BCUT2D eigenvalue weighted by atomic mass is 9.93. The third kappa shape index (κ3) is 4.50. The van der Waals surface area contributed by atoms with E-state index in [1.807, 2.05) is 12.1 Å². The van der Waals surface area contributed by atoms with Crippen LogP contribution in [0.2, 0.25) is 0 Å². The van der Waals surface area contributed by atoms with Crippen molar-refractivity contribution in [2.75, 3.05) is 26.8 Å². The highest BCUT2D eigenvalue weighted by Gasteiger charge is 2.26. The van der Waals surface area contributed by atoms with Crippen LogP contribution in [-0.2, 0) is 4.74 Å². The van der Waals surface area contributed by atoms with Crippen LogP contribution in [-0.4, -0.2) is 37.7 Å². The zero-order valence-electron chi connectivity index (χ0n) is 13.1. The molecule has 0 aromatic heterocycles. The largest absolute Gasteiger partial charge is 0.381 e. The molecule has 1 heterocycles. The summed E-state index contributed by atoms with van der Waals surface area (Å²) in [6.07, 6.45) is 3.13. The summed E-state index contributed by atoms with van der Waals surface area (Å²) in [5, 5.41) is 0. The molecule has 118 valence electrons. The predicted molar refractivity (Wildman–Crippen MR) is 83.6 cm³/mol. The van der Waals surface area contributed by atoms with Gasteiger partial charge in [-0.05, 0) is 49.9 Å². The van der Waals surface area contributed by atoms with E-state index in [4.69, 9.17) is 10.5 Å². The summed E-state index contributed by atoms with van der Waals surface area (Å²) < 4.78 is 18.6. The van der Waals surface area contributed by atoms with Gasteiger partial charge in [0.15, 0.2) is 0 Å². The van der Waals surface area contributed by atoms with Crippen molar-refractivity contribution in [3.63, 3.8) is 0 Å². The Balaban J connectivity index is 2.09. The van der Waals surface area contributed by atoms with Crippen LogP contribution in [0, 0.1) is 11.7 Å². The summed E-state index contributed by atoms with van der Waals surface area (Å²) in [6.45, 7) is 4.84. The molecule has 0 amide bonds. The number of rotatable bonds is 6.